The molecule has 0 saturated carbocycles. The lowest BCUT2D eigenvalue weighted by Crippen LogP contribution is -2.29. The summed E-state index contributed by atoms with van der Waals surface area (Å²) < 4.78 is 13.7. The molecule has 0 spiro atoms. The average Bonchev–Trinajstić information content (AvgIpc) is 3.41. The number of methoxy groups -OCH3 is 1. The van der Waals surface area contributed by atoms with Gasteiger partial charge in [0.25, 0.3) is 5.88 Å². The van der Waals surface area contributed by atoms with Gasteiger partial charge in [-0.2, -0.15) is 4.98 Å². The van der Waals surface area contributed by atoms with Gasteiger partial charge in [0.05, 0.1) is 24.6 Å². The lowest BCUT2D eigenvalue weighted by atomic mass is 10.2. The molecule has 3 aromatic rings. The van der Waals surface area contributed by atoms with Crippen LogP contribution in [-0.4, -0.2) is 56.6 Å². The highest BCUT2D eigenvalue weighted by molar-refractivity contribution is 5.88. The first-order valence-corrected chi connectivity index (χ1v) is 10.2. The van der Waals surface area contributed by atoms with Crippen molar-refractivity contribution < 1.29 is 14.3 Å². The molecule has 1 amide bonds. The maximum absolute atomic E-state index is 11.9. The minimum absolute atomic E-state index is 0.0830. The summed E-state index contributed by atoms with van der Waals surface area (Å²) in [4.78, 5) is 26.8. The second-order valence-corrected chi connectivity index (χ2v) is 7.62. The molecule has 31 heavy (non-hydrogen) atoms. The highest BCUT2D eigenvalue weighted by Gasteiger charge is 2.27. The van der Waals surface area contributed by atoms with Crippen LogP contribution in [0.25, 0.3) is 10.9 Å². The molecular formula is C22H26N6O3. The van der Waals surface area contributed by atoms with Crippen molar-refractivity contribution >= 4 is 28.4 Å². The van der Waals surface area contributed by atoms with E-state index >= 15 is 0 Å². The van der Waals surface area contributed by atoms with Crippen molar-refractivity contribution in [1.29, 1.82) is 0 Å². The van der Waals surface area contributed by atoms with Crippen molar-refractivity contribution in [3.05, 3.63) is 43.4 Å². The Morgan fingerprint density at radius 2 is 2.13 bits per heavy atom. The Bertz CT molecular complexity index is 1110. The average molecular weight is 422 g/mol. The number of carbonyl (C=O) groups is 1. The van der Waals surface area contributed by atoms with Crippen LogP contribution in [0, 0.1) is 0 Å². The lowest BCUT2D eigenvalue weighted by Gasteiger charge is -2.17. The summed E-state index contributed by atoms with van der Waals surface area (Å²) in [5.41, 5.74) is 0.988. The van der Waals surface area contributed by atoms with Gasteiger partial charge in [-0.05, 0) is 26.0 Å². The van der Waals surface area contributed by atoms with Crippen LogP contribution in [0.1, 0.15) is 26.3 Å². The molecule has 0 unspecified atom stereocenters. The van der Waals surface area contributed by atoms with Gasteiger partial charge in [-0.3, -0.25) is 4.79 Å². The fourth-order valence-electron chi connectivity index (χ4n) is 3.72. The smallest absolute Gasteiger partial charge is 0.257 e. The molecule has 9 nitrogen and oxygen atoms in total. The highest BCUT2D eigenvalue weighted by atomic mass is 16.5. The molecule has 0 aliphatic carbocycles. The Labute approximate surface area is 180 Å². The molecule has 0 aromatic carbocycles. The summed E-state index contributed by atoms with van der Waals surface area (Å²) in [6, 6.07) is 4.23. The molecule has 4 rings (SSSR count). The lowest BCUT2D eigenvalue weighted by molar-refractivity contribution is -0.125. The molecule has 3 aromatic heterocycles. The van der Waals surface area contributed by atoms with Crippen LogP contribution in [0.4, 0.5) is 11.6 Å². The van der Waals surface area contributed by atoms with Gasteiger partial charge in [-0.1, -0.05) is 6.58 Å². The molecular weight excluding hydrogens is 396 g/mol. The van der Waals surface area contributed by atoms with Crippen molar-refractivity contribution in [2.24, 2.45) is 0 Å². The number of pyridine rings is 1. The molecule has 1 fully saturated rings. The van der Waals surface area contributed by atoms with Gasteiger partial charge in [0.2, 0.25) is 11.8 Å². The van der Waals surface area contributed by atoms with Crippen molar-refractivity contribution in [3.63, 3.8) is 0 Å². The maximum Gasteiger partial charge on any atom is 0.257 e. The summed E-state index contributed by atoms with van der Waals surface area (Å²) in [6.45, 7) is 8.95. The Morgan fingerprint density at radius 1 is 1.32 bits per heavy atom. The largest absolute Gasteiger partial charge is 0.478 e. The minimum Gasteiger partial charge on any atom is -0.478 e. The third-order valence-electron chi connectivity index (χ3n) is 5.25. The summed E-state index contributed by atoms with van der Waals surface area (Å²) in [5, 5.41) is 4.11. The molecule has 1 saturated heterocycles. The number of fused-ring (bicyclic) bond motifs is 1. The van der Waals surface area contributed by atoms with E-state index in [2.05, 4.69) is 40.3 Å². The topological polar surface area (TPSA) is 94.4 Å². The maximum atomic E-state index is 11.9. The fraction of sp³-hybridized carbons (Fsp3) is 0.364. The van der Waals surface area contributed by atoms with Gasteiger partial charge in [0.1, 0.15) is 11.9 Å². The zero-order valence-electron chi connectivity index (χ0n) is 17.9. The first-order chi connectivity index (χ1) is 15.0. The fourth-order valence-corrected chi connectivity index (χ4v) is 3.72. The predicted octanol–water partition coefficient (Wildman–Crippen LogP) is 3.33. The zero-order chi connectivity index (χ0) is 22.0. The number of carbonyl (C=O) groups excluding carboxylic acids is 1. The van der Waals surface area contributed by atoms with Crippen LogP contribution >= 0.6 is 0 Å². The minimum atomic E-state index is -0.136. The number of amides is 1. The molecule has 0 radical (unpaired) electrons. The monoisotopic (exact) mass is 422 g/mol. The number of likely N-dealkylation sites (tertiary alicyclic amines) is 1. The summed E-state index contributed by atoms with van der Waals surface area (Å²) in [5.74, 6) is 1.84. The van der Waals surface area contributed by atoms with E-state index in [0.717, 1.165) is 17.3 Å². The van der Waals surface area contributed by atoms with Crippen molar-refractivity contribution in [2.45, 2.75) is 32.4 Å². The standard InChI is InChI=1S/C22H26N6O3/c1-5-19(29)27-10-6-15(13-27)31-21-16-7-11-28(14(2)3)17(16)12-18(26-21)25-20-22(30-4)24-9-8-23-20/h5,7-9,11-12,14-15H,1,6,10,13H2,2-4H3,(H,23,25,26)/t15-/m0/s1. The zero-order valence-corrected chi connectivity index (χ0v) is 17.9. The van der Waals surface area contributed by atoms with Crippen molar-refractivity contribution in [2.75, 3.05) is 25.5 Å². The number of nitrogens with one attached hydrogen (secondary N) is 1. The molecule has 4 heterocycles. The van der Waals surface area contributed by atoms with E-state index in [4.69, 9.17) is 14.5 Å². The first-order valence-electron chi connectivity index (χ1n) is 10.2. The number of ether oxygens (including phenoxy) is 2. The van der Waals surface area contributed by atoms with Crippen LogP contribution in [0.5, 0.6) is 11.8 Å². The van der Waals surface area contributed by atoms with Crippen LogP contribution in [0.2, 0.25) is 0 Å². The number of aromatic nitrogens is 4. The third kappa shape index (κ3) is 4.16. The second kappa shape index (κ2) is 8.63. The molecule has 1 aliphatic rings. The van der Waals surface area contributed by atoms with E-state index in [1.807, 2.05) is 18.3 Å². The normalized spacial score (nSPS) is 16.0. The number of hydrogen-bond donors (Lipinski definition) is 1. The van der Waals surface area contributed by atoms with Crippen LogP contribution in [0.3, 0.4) is 0 Å². The van der Waals surface area contributed by atoms with Crippen LogP contribution < -0.4 is 14.8 Å². The molecule has 1 N–H and O–H groups in total. The number of nitrogens with zero attached hydrogens (tertiary/aromatic N) is 5. The van der Waals surface area contributed by atoms with E-state index in [-0.39, 0.29) is 18.1 Å². The SMILES string of the molecule is C=CC(=O)N1CC[C@H](Oc2nc(Nc3nccnc3OC)cc3c2ccn3C(C)C)C1. The summed E-state index contributed by atoms with van der Waals surface area (Å²) in [7, 11) is 1.54. The number of hydrogen-bond acceptors (Lipinski definition) is 7. The first kappa shape index (κ1) is 20.6. The van der Waals surface area contributed by atoms with Crippen molar-refractivity contribution in [1.82, 2.24) is 24.4 Å². The Balaban J connectivity index is 1.69. The van der Waals surface area contributed by atoms with E-state index in [9.17, 15) is 4.79 Å². The van der Waals surface area contributed by atoms with Gasteiger partial charge >= 0.3 is 0 Å². The van der Waals surface area contributed by atoms with Gasteiger partial charge in [0.15, 0.2) is 5.82 Å². The summed E-state index contributed by atoms with van der Waals surface area (Å²) in [6.07, 6.45) is 7.11. The quantitative estimate of drug-likeness (QED) is 0.584. The Kier molecular flexibility index (Phi) is 5.75. The van der Waals surface area contributed by atoms with E-state index < -0.39 is 0 Å². The van der Waals surface area contributed by atoms with Gasteiger partial charge in [-0.15, -0.1) is 0 Å². The molecule has 1 aliphatic heterocycles. The van der Waals surface area contributed by atoms with Gasteiger partial charge < -0.3 is 24.3 Å². The second-order valence-electron chi connectivity index (χ2n) is 7.62. The van der Waals surface area contributed by atoms with Crippen LogP contribution in [0.15, 0.2) is 43.4 Å². The Hall–Kier alpha value is -3.62. The predicted molar refractivity (Wildman–Crippen MR) is 118 cm³/mol. The molecule has 0 bridgehead atoms. The summed E-state index contributed by atoms with van der Waals surface area (Å²) >= 11 is 0. The van der Waals surface area contributed by atoms with E-state index in [1.165, 1.54) is 6.08 Å². The number of rotatable bonds is 7. The van der Waals surface area contributed by atoms with Crippen LogP contribution in [-0.2, 0) is 4.79 Å². The van der Waals surface area contributed by atoms with E-state index in [1.54, 1.807) is 24.4 Å². The van der Waals surface area contributed by atoms with Crippen molar-refractivity contribution in [3.8, 4) is 11.8 Å². The third-order valence-corrected chi connectivity index (χ3v) is 5.25. The Morgan fingerprint density at radius 3 is 2.87 bits per heavy atom. The molecule has 9 heteroatoms. The van der Waals surface area contributed by atoms with E-state index in [0.29, 0.717) is 36.5 Å². The number of anilines is 2. The van der Waals surface area contributed by atoms with Gasteiger partial charge in [-0.25, -0.2) is 9.97 Å². The molecule has 162 valence electrons. The highest BCUT2D eigenvalue weighted by Crippen LogP contribution is 2.33. The molecule has 1 atom stereocenters. The van der Waals surface area contributed by atoms with Gasteiger partial charge in [0, 0.05) is 43.7 Å².